The molecule has 0 bridgehead atoms. The van der Waals surface area contributed by atoms with Crippen LogP contribution in [-0.4, -0.2) is 47.6 Å². The molecule has 3 atom stereocenters. The molecule has 0 rings (SSSR count). The quantitative estimate of drug-likeness (QED) is 0.257. The Hall–Kier alpha value is -2.24. The molecule has 0 fully saturated rings. The molecule has 0 heterocycles. The maximum absolute atomic E-state index is 12.5. The van der Waals surface area contributed by atoms with Gasteiger partial charge in [-0.3, -0.25) is 28.9 Å². The molecule has 0 aromatic rings. The second kappa shape index (κ2) is 14.4. The van der Waals surface area contributed by atoms with Crippen LogP contribution in [0.2, 0.25) is 0 Å². The van der Waals surface area contributed by atoms with E-state index in [1.54, 1.807) is 41.5 Å². The molecule has 0 radical (unpaired) electrons. The molecule has 0 aliphatic heterocycles. The van der Waals surface area contributed by atoms with E-state index in [1.807, 2.05) is 27.7 Å². The molecular weight excluding hydrogens is 458 g/mol. The average molecular weight is 504 g/mol. The zero-order chi connectivity index (χ0) is 27.6. The molecule has 11 nitrogen and oxygen atoms in total. The van der Waals surface area contributed by atoms with E-state index in [-0.39, 0.29) is 17.7 Å². The van der Waals surface area contributed by atoms with E-state index in [2.05, 4.69) is 16.4 Å². The van der Waals surface area contributed by atoms with Crippen molar-refractivity contribution in [3.63, 3.8) is 0 Å². The van der Waals surface area contributed by atoms with Crippen molar-refractivity contribution >= 4 is 23.7 Å². The molecule has 0 spiro atoms. The Bertz CT molecular complexity index is 711. The zero-order valence-corrected chi connectivity index (χ0v) is 23.1. The standard InChI is InChI=1S/C24H45N3O8/c1-14(2)12-17(34-27-22(31)23(6,7)8)20(29)26-33-16(5)19(28)25-35-18(13-15(3)4)21(30)32-24(9,10)11/h14-18H,12-13H2,1-11H3,(H,25,28)(H,26,29)(H,27,31)/t16-,17-,18-/m1/s1. The number of nitrogens with one attached hydrogen (secondary N) is 3. The first-order valence-electron chi connectivity index (χ1n) is 11.9. The topological polar surface area (TPSA) is 141 Å². The van der Waals surface area contributed by atoms with Crippen molar-refractivity contribution in [2.24, 2.45) is 17.3 Å². The lowest BCUT2D eigenvalue weighted by Crippen LogP contribution is -2.47. The average Bonchev–Trinajstić information content (AvgIpc) is 2.68. The summed E-state index contributed by atoms with van der Waals surface area (Å²) >= 11 is 0. The van der Waals surface area contributed by atoms with Gasteiger partial charge in [0.15, 0.2) is 18.3 Å². The summed E-state index contributed by atoms with van der Waals surface area (Å²) in [5, 5.41) is 0. The summed E-state index contributed by atoms with van der Waals surface area (Å²) in [6.07, 6.45) is -2.56. The largest absolute Gasteiger partial charge is 0.458 e. The first kappa shape index (κ1) is 32.8. The van der Waals surface area contributed by atoms with Crippen LogP contribution in [0.25, 0.3) is 0 Å². The summed E-state index contributed by atoms with van der Waals surface area (Å²) in [6.45, 7) is 19.3. The number of esters is 1. The Morgan fingerprint density at radius 1 is 0.657 bits per heavy atom. The van der Waals surface area contributed by atoms with Gasteiger partial charge >= 0.3 is 5.97 Å². The van der Waals surface area contributed by atoms with Crippen LogP contribution in [0.4, 0.5) is 0 Å². The molecule has 0 aliphatic rings. The van der Waals surface area contributed by atoms with Crippen molar-refractivity contribution < 1.29 is 38.4 Å². The minimum absolute atomic E-state index is 0.0807. The molecule has 11 heteroatoms. The van der Waals surface area contributed by atoms with Crippen molar-refractivity contribution in [2.75, 3.05) is 0 Å². The molecule has 0 saturated heterocycles. The monoisotopic (exact) mass is 503 g/mol. The SMILES string of the molecule is CC(C)C[C@@H](ONC(=O)C(C)(C)C)C(=O)NO[C@H](C)C(=O)NO[C@H](CC(C)C)C(=O)OC(C)(C)C. The van der Waals surface area contributed by atoms with Gasteiger partial charge in [-0.2, -0.15) is 0 Å². The van der Waals surface area contributed by atoms with Crippen LogP contribution in [0.3, 0.4) is 0 Å². The van der Waals surface area contributed by atoms with Crippen LogP contribution < -0.4 is 16.4 Å². The summed E-state index contributed by atoms with van der Waals surface area (Å²) in [7, 11) is 0. The van der Waals surface area contributed by atoms with Crippen LogP contribution in [0.15, 0.2) is 0 Å². The van der Waals surface area contributed by atoms with E-state index in [1.165, 1.54) is 6.92 Å². The van der Waals surface area contributed by atoms with Crippen LogP contribution in [0.1, 0.15) is 89.0 Å². The third-order valence-electron chi connectivity index (χ3n) is 4.32. The fourth-order valence-electron chi connectivity index (χ4n) is 2.38. The number of hydrogen-bond acceptors (Lipinski definition) is 8. The number of hydroxylamine groups is 3. The van der Waals surface area contributed by atoms with Gasteiger partial charge in [0.05, 0.1) is 0 Å². The maximum atomic E-state index is 12.5. The van der Waals surface area contributed by atoms with Crippen molar-refractivity contribution in [2.45, 2.75) is 113 Å². The lowest BCUT2D eigenvalue weighted by atomic mass is 9.96. The number of amides is 3. The number of ether oxygens (including phenoxy) is 1. The first-order valence-corrected chi connectivity index (χ1v) is 11.9. The fraction of sp³-hybridized carbons (Fsp3) is 0.833. The summed E-state index contributed by atoms with van der Waals surface area (Å²) in [5.41, 5.74) is 5.26. The number of hydrogen-bond donors (Lipinski definition) is 3. The summed E-state index contributed by atoms with van der Waals surface area (Å²) in [6, 6.07) is 0. The molecule has 0 saturated carbocycles. The second-order valence-electron chi connectivity index (χ2n) is 11.4. The van der Waals surface area contributed by atoms with Gasteiger partial charge in [-0.25, -0.2) is 21.2 Å². The molecule has 0 aliphatic carbocycles. The molecule has 204 valence electrons. The van der Waals surface area contributed by atoms with Crippen molar-refractivity contribution in [3.8, 4) is 0 Å². The second-order valence-corrected chi connectivity index (χ2v) is 11.4. The molecular formula is C24H45N3O8. The van der Waals surface area contributed by atoms with Crippen molar-refractivity contribution in [3.05, 3.63) is 0 Å². The molecule has 3 N–H and O–H groups in total. The highest BCUT2D eigenvalue weighted by Gasteiger charge is 2.30. The van der Waals surface area contributed by atoms with E-state index in [9.17, 15) is 19.2 Å². The highest BCUT2D eigenvalue weighted by molar-refractivity contribution is 5.83. The third kappa shape index (κ3) is 14.7. The van der Waals surface area contributed by atoms with Crippen LogP contribution >= 0.6 is 0 Å². The lowest BCUT2D eigenvalue weighted by molar-refractivity contribution is -0.181. The maximum Gasteiger partial charge on any atom is 0.338 e. The van der Waals surface area contributed by atoms with Gasteiger partial charge in [-0.05, 0) is 52.4 Å². The zero-order valence-electron chi connectivity index (χ0n) is 23.1. The van der Waals surface area contributed by atoms with E-state index >= 15 is 0 Å². The molecule has 0 unspecified atom stereocenters. The highest BCUT2D eigenvalue weighted by atomic mass is 16.7. The smallest absolute Gasteiger partial charge is 0.338 e. The predicted molar refractivity (Wildman–Crippen MR) is 129 cm³/mol. The molecule has 35 heavy (non-hydrogen) atoms. The van der Waals surface area contributed by atoms with Crippen LogP contribution in [-0.2, 0) is 38.4 Å². The van der Waals surface area contributed by atoms with Crippen molar-refractivity contribution in [1.29, 1.82) is 0 Å². The van der Waals surface area contributed by atoms with Crippen molar-refractivity contribution in [1.82, 2.24) is 16.4 Å². The summed E-state index contributed by atoms with van der Waals surface area (Å²) < 4.78 is 5.34. The van der Waals surface area contributed by atoms with E-state index in [0.717, 1.165) is 0 Å². The fourth-order valence-corrected chi connectivity index (χ4v) is 2.38. The Morgan fingerprint density at radius 3 is 1.57 bits per heavy atom. The highest BCUT2D eigenvalue weighted by Crippen LogP contribution is 2.15. The van der Waals surface area contributed by atoms with Gasteiger partial charge in [0.25, 0.3) is 11.8 Å². The van der Waals surface area contributed by atoms with Gasteiger partial charge < -0.3 is 4.74 Å². The van der Waals surface area contributed by atoms with E-state index in [4.69, 9.17) is 19.2 Å². The number of rotatable bonds is 13. The van der Waals surface area contributed by atoms with Gasteiger partial charge in [-0.15, -0.1) is 0 Å². The van der Waals surface area contributed by atoms with Gasteiger partial charge in [0.2, 0.25) is 5.91 Å². The summed E-state index contributed by atoms with van der Waals surface area (Å²) in [5.74, 6) is -2.18. The number of carbonyl (C=O) groups excluding carboxylic acids is 4. The Labute approximate surface area is 209 Å². The van der Waals surface area contributed by atoms with Gasteiger partial charge in [0.1, 0.15) is 5.60 Å². The van der Waals surface area contributed by atoms with Crippen LogP contribution in [0, 0.1) is 17.3 Å². The van der Waals surface area contributed by atoms with Crippen LogP contribution in [0.5, 0.6) is 0 Å². The molecule has 0 aromatic heterocycles. The third-order valence-corrected chi connectivity index (χ3v) is 4.32. The number of carbonyl (C=O) groups is 4. The van der Waals surface area contributed by atoms with Gasteiger partial charge in [0, 0.05) is 5.41 Å². The molecule has 0 aromatic carbocycles. The Kier molecular flexibility index (Phi) is 13.4. The van der Waals surface area contributed by atoms with E-state index in [0.29, 0.717) is 12.8 Å². The minimum Gasteiger partial charge on any atom is -0.458 e. The minimum atomic E-state index is -1.15. The Morgan fingerprint density at radius 2 is 1.11 bits per heavy atom. The van der Waals surface area contributed by atoms with Gasteiger partial charge in [-0.1, -0.05) is 48.5 Å². The normalized spacial score (nSPS) is 14.8. The lowest BCUT2D eigenvalue weighted by Gasteiger charge is -2.25. The van der Waals surface area contributed by atoms with E-state index < -0.39 is 47.1 Å². The predicted octanol–water partition coefficient (Wildman–Crippen LogP) is 2.74. The summed E-state index contributed by atoms with van der Waals surface area (Å²) in [4.78, 5) is 65.1. The molecule has 3 amide bonds. The first-order chi connectivity index (χ1) is 15.8. The Balaban J connectivity index is 4.90.